The summed E-state index contributed by atoms with van der Waals surface area (Å²) in [5.74, 6) is -3.62. The number of rotatable bonds is 5. The number of carbonyl (C=O) groups excluding carboxylic acids is 2. The van der Waals surface area contributed by atoms with Crippen molar-refractivity contribution >= 4 is 33.9 Å². The molecule has 48 heavy (non-hydrogen) atoms. The molecule has 2 N–H and O–H groups in total. The summed E-state index contributed by atoms with van der Waals surface area (Å²) in [4.78, 5) is 30.6. The van der Waals surface area contributed by atoms with Crippen LogP contribution in [0.15, 0.2) is 54.7 Å². The molecular formula is C34H27F6N5O3. The second-order valence-electron chi connectivity index (χ2n) is 11.8. The Morgan fingerprint density at radius 2 is 1.90 bits per heavy atom. The van der Waals surface area contributed by atoms with Gasteiger partial charge in [0.15, 0.2) is 5.75 Å². The minimum atomic E-state index is -4.77. The lowest BCUT2D eigenvalue weighted by molar-refractivity contribution is -0.137. The van der Waals surface area contributed by atoms with Crippen molar-refractivity contribution in [3.8, 4) is 16.9 Å². The van der Waals surface area contributed by atoms with Crippen LogP contribution in [-0.4, -0.2) is 51.0 Å². The number of nitrogens with one attached hydrogen (secondary N) is 2. The van der Waals surface area contributed by atoms with Gasteiger partial charge in [-0.2, -0.15) is 13.2 Å². The first-order valence-electron chi connectivity index (χ1n) is 15.1. The fraction of sp³-hybridized carbons (Fsp3) is 0.265. The zero-order valence-electron chi connectivity index (χ0n) is 25.5. The van der Waals surface area contributed by atoms with Crippen LogP contribution in [0.1, 0.15) is 39.4 Å². The van der Waals surface area contributed by atoms with Crippen LogP contribution in [0.5, 0.6) is 5.75 Å². The molecule has 0 unspecified atom stereocenters. The van der Waals surface area contributed by atoms with Gasteiger partial charge in [0.1, 0.15) is 34.8 Å². The molecule has 5 heterocycles. The molecule has 1 fully saturated rings. The van der Waals surface area contributed by atoms with Crippen molar-refractivity contribution in [2.45, 2.75) is 38.2 Å². The lowest BCUT2D eigenvalue weighted by Crippen LogP contribution is -2.20. The van der Waals surface area contributed by atoms with E-state index < -0.39 is 53.0 Å². The van der Waals surface area contributed by atoms with Crippen LogP contribution in [-0.2, 0) is 24.4 Å². The number of fused-ring (bicyclic) bond motifs is 4. The fourth-order valence-electron chi connectivity index (χ4n) is 6.42. The average Bonchev–Trinajstić information content (AvgIpc) is 3.70. The number of hydrogen-bond acceptors (Lipinski definition) is 5. The van der Waals surface area contributed by atoms with Crippen LogP contribution >= 0.6 is 0 Å². The highest BCUT2D eigenvalue weighted by Crippen LogP contribution is 2.48. The number of anilines is 1. The molecule has 14 heteroatoms. The summed E-state index contributed by atoms with van der Waals surface area (Å²) in [6.45, 7) is 1.78. The first-order valence-corrected chi connectivity index (χ1v) is 15.1. The molecular weight excluding hydrogens is 640 g/mol. The lowest BCUT2D eigenvalue weighted by Gasteiger charge is -2.22. The predicted molar refractivity (Wildman–Crippen MR) is 165 cm³/mol. The highest BCUT2D eigenvalue weighted by molar-refractivity contribution is 6.10. The third-order valence-corrected chi connectivity index (χ3v) is 8.79. The number of alkyl halides is 4. The van der Waals surface area contributed by atoms with Gasteiger partial charge in [0, 0.05) is 55.0 Å². The monoisotopic (exact) mass is 667 g/mol. The van der Waals surface area contributed by atoms with Gasteiger partial charge < -0.3 is 24.3 Å². The fourth-order valence-corrected chi connectivity index (χ4v) is 6.42. The van der Waals surface area contributed by atoms with E-state index in [1.165, 1.54) is 34.9 Å². The van der Waals surface area contributed by atoms with Crippen LogP contribution < -0.4 is 15.4 Å². The topological polar surface area (TPSA) is 89.7 Å². The summed E-state index contributed by atoms with van der Waals surface area (Å²) in [5.41, 5.74) is -0.884. The molecule has 3 aromatic heterocycles. The van der Waals surface area contributed by atoms with Crippen LogP contribution in [0.3, 0.4) is 0 Å². The maximum Gasteiger partial charge on any atom is 0.417 e. The van der Waals surface area contributed by atoms with Crippen molar-refractivity contribution in [3.63, 3.8) is 0 Å². The second kappa shape index (κ2) is 11.5. The van der Waals surface area contributed by atoms with E-state index in [4.69, 9.17) is 4.74 Å². The van der Waals surface area contributed by atoms with Crippen LogP contribution in [0.4, 0.5) is 32.0 Å². The van der Waals surface area contributed by atoms with Crippen LogP contribution in [0.2, 0.25) is 0 Å². The Morgan fingerprint density at radius 3 is 2.58 bits per heavy atom. The van der Waals surface area contributed by atoms with Gasteiger partial charge in [0.05, 0.1) is 28.9 Å². The van der Waals surface area contributed by atoms with Gasteiger partial charge in [-0.05, 0) is 49.2 Å². The number of halogens is 6. The number of pyridine rings is 1. The number of carbonyl (C=O) groups is 2. The molecule has 7 rings (SSSR count). The number of aryl methyl sites for hydroxylation is 2. The molecule has 2 aliphatic heterocycles. The summed E-state index contributed by atoms with van der Waals surface area (Å²) in [6, 6.07) is 6.64. The Balaban J connectivity index is 1.29. The second-order valence-corrected chi connectivity index (χ2v) is 11.8. The SMILES string of the molecule is Cc1nc2c3c(c(C(F)(F)F)cc2n1C)-c1cccn2c(C(=O)c4cc(F)c(NC(=O)/C=C/[C@@H]5C[C@@H](F)CN5)c(F)c4)cc(c12)CCO3. The summed E-state index contributed by atoms with van der Waals surface area (Å²) >= 11 is 0. The minimum absolute atomic E-state index is 0.0286. The number of ketones is 1. The Labute approximate surface area is 269 Å². The van der Waals surface area contributed by atoms with Crippen molar-refractivity contribution in [2.24, 2.45) is 7.05 Å². The number of hydrogen-bond donors (Lipinski definition) is 2. The minimum Gasteiger partial charge on any atom is -0.490 e. The third-order valence-electron chi connectivity index (χ3n) is 8.79. The summed E-state index contributed by atoms with van der Waals surface area (Å²) < 4.78 is 96.5. The maximum atomic E-state index is 15.2. The average molecular weight is 668 g/mol. The normalized spacial score (nSPS) is 17.8. The van der Waals surface area contributed by atoms with Crippen LogP contribution in [0, 0.1) is 18.6 Å². The number of benzene rings is 2. The van der Waals surface area contributed by atoms with E-state index in [0.29, 0.717) is 16.9 Å². The van der Waals surface area contributed by atoms with Gasteiger partial charge in [-0.25, -0.2) is 18.2 Å². The van der Waals surface area contributed by atoms with Crippen molar-refractivity contribution < 1.29 is 40.7 Å². The Morgan fingerprint density at radius 1 is 1.15 bits per heavy atom. The number of nitrogens with zero attached hydrogens (tertiary/aromatic N) is 3. The molecule has 1 saturated heterocycles. The quantitative estimate of drug-likeness (QED) is 0.128. The zero-order valence-corrected chi connectivity index (χ0v) is 25.5. The molecule has 2 aromatic carbocycles. The van der Waals surface area contributed by atoms with Gasteiger partial charge in [0.2, 0.25) is 11.7 Å². The van der Waals surface area contributed by atoms with Gasteiger partial charge in [-0.1, -0.05) is 12.1 Å². The smallest absolute Gasteiger partial charge is 0.417 e. The highest BCUT2D eigenvalue weighted by atomic mass is 19.4. The first kappa shape index (κ1) is 31.5. The zero-order chi connectivity index (χ0) is 34.1. The first-order chi connectivity index (χ1) is 22.8. The molecule has 248 valence electrons. The molecule has 0 aliphatic carbocycles. The molecule has 2 atom stereocenters. The van der Waals surface area contributed by atoms with Crippen molar-refractivity contribution in [3.05, 3.63) is 94.6 Å². The number of aromatic nitrogens is 3. The number of amides is 1. The lowest BCUT2D eigenvalue weighted by atomic mass is 9.94. The largest absolute Gasteiger partial charge is 0.490 e. The standard InChI is InChI=1S/C34H27F6N5O3/c1-16-42-30-25(44(16)2)14-22(34(38,39)40)28-21-4-3-8-45-26(12-17(31(21)45)7-9-48-33(28)30)32(47)18-10-23(36)29(24(37)11-18)43-27(46)6-5-20-13-19(35)15-41-20/h3-6,8,10-12,14,19-20,41H,7,9,13,15H2,1-2H3,(H,43,46)/b6-5+/t19-,20-/m1/s1. The van der Waals surface area contributed by atoms with E-state index in [0.717, 1.165) is 24.3 Å². The van der Waals surface area contributed by atoms with Gasteiger partial charge in [0.25, 0.3) is 0 Å². The molecule has 0 saturated carbocycles. The van der Waals surface area contributed by atoms with E-state index in [-0.39, 0.29) is 65.2 Å². The van der Waals surface area contributed by atoms with E-state index in [1.807, 2.05) is 0 Å². The van der Waals surface area contributed by atoms with Crippen molar-refractivity contribution in [1.29, 1.82) is 0 Å². The summed E-state index contributed by atoms with van der Waals surface area (Å²) in [7, 11) is 1.62. The molecule has 1 amide bonds. The van der Waals surface area contributed by atoms with Crippen molar-refractivity contribution in [2.75, 3.05) is 18.5 Å². The summed E-state index contributed by atoms with van der Waals surface area (Å²) in [6.07, 6.45) is -1.53. The van der Waals surface area contributed by atoms with E-state index >= 15 is 8.78 Å². The molecule has 0 bridgehead atoms. The van der Waals surface area contributed by atoms with E-state index in [1.54, 1.807) is 18.5 Å². The Bertz CT molecular complexity index is 2160. The van der Waals surface area contributed by atoms with Crippen molar-refractivity contribution in [1.82, 2.24) is 19.3 Å². The highest BCUT2D eigenvalue weighted by Gasteiger charge is 2.39. The maximum absolute atomic E-state index is 15.2. The third kappa shape index (κ3) is 5.29. The molecule has 0 radical (unpaired) electrons. The molecule has 5 aromatic rings. The van der Waals surface area contributed by atoms with Gasteiger partial charge >= 0.3 is 6.18 Å². The van der Waals surface area contributed by atoms with E-state index in [2.05, 4.69) is 15.6 Å². The van der Waals surface area contributed by atoms with Crippen LogP contribution in [0.25, 0.3) is 27.7 Å². The molecule has 2 aliphatic rings. The van der Waals surface area contributed by atoms with Gasteiger partial charge in [-0.15, -0.1) is 0 Å². The predicted octanol–water partition coefficient (Wildman–Crippen LogP) is 6.46. The summed E-state index contributed by atoms with van der Waals surface area (Å²) in [5, 5.41) is 4.96. The van der Waals surface area contributed by atoms with Gasteiger partial charge in [-0.3, -0.25) is 9.59 Å². The number of ether oxygens (including phenoxy) is 1. The number of imidazole rings is 1. The Hall–Kier alpha value is -5.11. The molecule has 8 nitrogen and oxygen atoms in total. The Kier molecular flexibility index (Phi) is 7.57. The van der Waals surface area contributed by atoms with E-state index in [9.17, 15) is 27.2 Å². The molecule has 0 spiro atoms.